The van der Waals surface area contributed by atoms with Crippen molar-refractivity contribution < 1.29 is 9.90 Å². The Morgan fingerprint density at radius 2 is 2.33 bits per heavy atom. The smallest absolute Gasteiger partial charge is 0.313 e. The van der Waals surface area contributed by atoms with Crippen LogP contribution in [0.5, 0.6) is 0 Å². The first-order valence-electron chi connectivity index (χ1n) is 5.33. The first-order chi connectivity index (χ1) is 8.63. The largest absolute Gasteiger partial charge is 0.481 e. The summed E-state index contributed by atoms with van der Waals surface area (Å²) >= 11 is 0.928. The molecule has 0 fully saturated rings. The number of carboxylic acid groups (broad SMARTS) is 1. The fourth-order valence-corrected chi connectivity index (χ4v) is 2.23. The maximum absolute atomic E-state index is 12.1. The molecule has 2 aromatic rings. The number of fused-ring (bicyclic) bond motifs is 1. The van der Waals surface area contributed by atoms with Crippen molar-refractivity contribution in [2.45, 2.75) is 18.5 Å². The molecule has 0 aliphatic carbocycles. The van der Waals surface area contributed by atoms with Crippen molar-refractivity contribution >= 4 is 28.9 Å². The van der Waals surface area contributed by atoms with Gasteiger partial charge in [-0.3, -0.25) is 14.2 Å². The van der Waals surface area contributed by atoms with Crippen LogP contribution in [0.4, 0.5) is 0 Å². The van der Waals surface area contributed by atoms with Crippen LogP contribution in [0.3, 0.4) is 0 Å². The van der Waals surface area contributed by atoms with Crippen LogP contribution in [0.25, 0.3) is 11.2 Å². The number of carbonyl (C=O) groups is 1. The summed E-state index contributed by atoms with van der Waals surface area (Å²) in [6, 6.07) is 3.48. The summed E-state index contributed by atoms with van der Waals surface area (Å²) in [6.45, 7) is 2.30. The van der Waals surface area contributed by atoms with E-state index in [0.29, 0.717) is 17.7 Å². The van der Waals surface area contributed by atoms with Crippen LogP contribution in [-0.4, -0.2) is 31.4 Å². The second-order valence-corrected chi connectivity index (χ2v) is 4.46. The molecule has 6 nitrogen and oxygen atoms in total. The van der Waals surface area contributed by atoms with E-state index in [-0.39, 0.29) is 16.3 Å². The average Bonchev–Trinajstić information content (AvgIpc) is 2.36. The van der Waals surface area contributed by atoms with E-state index in [1.54, 1.807) is 18.3 Å². The molecule has 0 unspecified atom stereocenters. The summed E-state index contributed by atoms with van der Waals surface area (Å²) in [5.74, 6) is -1.16. The van der Waals surface area contributed by atoms with Crippen LogP contribution >= 0.6 is 11.8 Å². The number of thioether (sulfide) groups is 1. The van der Waals surface area contributed by atoms with Gasteiger partial charge in [0.25, 0.3) is 5.56 Å². The molecule has 94 valence electrons. The number of aliphatic carboxylic acids is 1. The molecule has 0 saturated heterocycles. The fourth-order valence-electron chi connectivity index (χ4n) is 1.57. The summed E-state index contributed by atoms with van der Waals surface area (Å²) < 4.78 is 1.49. The minimum Gasteiger partial charge on any atom is -0.481 e. The van der Waals surface area contributed by atoms with Crippen LogP contribution in [-0.2, 0) is 11.3 Å². The Morgan fingerprint density at radius 3 is 3.00 bits per heavy atom. The minimum atomic E-state index is -0.976. The van der Waals surface area contributed by atoms with Crippen molar-refractivity contribution in [2.24, 2.45) is 0 Å². The first kappa shape index (κ1) is 12.6. The van der Waals surface area contributed by atoms with Gasteiger partial charge in [0.15, 0.2) is 10.7 Å². The highest BCUT2D eigenvalue weighted by molar-refractivity contribution is 7.99. The van der Waals surface area contributed by atoms with Gasteiger partial charge in [-0.2, -0.15) is 0 Å². The van der Waals surface area contributed by atoms with Crippen LogP contribution in [0.1, 0.15) is 6.92 Å². The van der Waals surface area contributed by atoms with E-state index in [4.69, 9.17) is 5.11 Å². The van der Waals surface area contributed by atoms with Gasteiger partial charge >= 0.3 is 5.97 Å². The predicted octanol–water partition coefficient (Wildman–Crippen LogP) is 0.988. The molecule has 0 saturated carbocycles. The van der Waals surface area contributed by atoms with Crippen molar-refractivity contribution in [2.75, 3.05) is 5.75 Å². The third kappa shape index (κ3) is 2.35. The summed E-state index contributed by atoms with van der Waals surface area (Å²) in [5, 5.41) is 8.83. The molecule has 0 bridgehead atoms. The SMILES string of the molecule is CCn1c(=O)c(SCC(=O)O)nc2cccnc21. The molecule has 2 aromatic heterocycles. The highest BCUT2D eigenvalue weighted by Gasteiger charge is 2.12. The van der Waals surface area contributed by atoms with Crippen molar-refractivity contribution in [1.82, 2.24) is 14.5 Å². The van der Waals surface area contributed by atoms with Gasteiger partial charge in [-0.25, -0.2) is 9.97 Å². The summed E-state index contributed by atoms with van der Waals surface area (Å²) in [6.07, 6.45) is 1.60. The number of carboxylic acids is 1. The predicted molar refractivity (Wildman–Crippen MR) is 67.8 cm³/mol. The van der Waals surface area contributed by atoms with Crippen molar-refractivity contribution in [3.63, 3.8) is 0 Å². The molecule has 2 heterocycles. The Morgan fingerprint density at radius 1 is 1.56 bits per heavy atom. The summed E-state index contributed by atoms with van der Waals surface area (Å²) in [4.78, 5) is 30.9. The zero-order chi connectivity index (χ0) is 13.1. The third-order valence-electron chi connectivity index (χ3n) is 2.32. The maximum Gasteiger partial charge on any atom is 0.313 e. The molecule has 0 spiro atoms. The number of aryl methyl sites for hydroxylation is 1. The van der Waals surface area contributed by atoms with Crippen LogP contribution < -0.4 is 5.56 Å². The molecular weight excluding hydrogens is 254 g/mol. The van der Waals surface area contributed by atoms with Gasteiger partial charge in [0.2, 0.25) is 0 Å². The van der Waals surface area contributed by atoms with Gasteiger partial charge < -0.3 is 5.11 Å². The number of nitrogens with zero attached hydrogens (tertiary/aromatic N) is 3. The van der Waals surface area contributed by atoms with Crippen molar-refractivity contribution in [3.8, 4) is 0 Å². The van der Waals surface area contributed by atoms with E-state index in [9.17, 15) is 9.59 Å². The Balaban J connectivity index is 2.58. The standard InChI is InChI=1S/C11H11N3O3S/c1-2-14-9-7(4-3-5-12-9)13-10(11(14)17)18-6-8(15)16/h3-5H,2,6H2,1H3,(H,15,16). The molecule has 0 atom stereocenters. The monoisotopic (exact) mass is 265 g/mol. The molecular formula is C11H11N3O3S. The molecule has 0 aliphatic rings. The molecule has 7 heteroatoms. The third-order valence-corrected chi connectivity index (χ3v) is 3.25. The fraction of sp³-hybridized carbons (Fsp3) is 0.273. The molecule has 0 aliphatic heterocycles. The first-order valence-corrected chi connectivity index (χ1v) is 6.32. The van der Waals surface area contributed by atoms with Gasteiger partial charge in [-0.15, -0.1) is 0 Å². The Hall–Kier alpha value is -1.89. The molecule has 0 aromatic carbocycles. The lowest BCUT2D eigenvalue weighted by atomic mass is 10.4. The lowest BCUT2D eigenvalue weighted by Gasteiger charge is -2.08. The normalized spacial score (nSPS) is 10.7. The minimum absolute atomic E-state index is 0.183. The molecule has 18 heavy (non-hydrogen) atoms. The van der Waals surface area contributed by atoms with Gasteiger partial charge in [-0.05, 0) is 19.1 Å². The Kier molecular flexibility index (Phi) is 3.61. The molecule has 1 N–H and O–H groups in total. The van der Waals surface area contributed by atoms with Crippen LogP contribution in [0.15, 0.2) is 28.2 Å². The van der Waals surface area contributed by atoms with Crippen LogP contribution in [0, 0.1) is 0 Å². The van der Waals surface area contributed by atoms with Crippen molar-refractivity contribution in [3.05, 3.63) is 28.7 Å². The zero-order valence-corrected chi connectivity index (χ0v) is 10.5. The average molecular weight is 265 g/mol. The molecule has 0 amide bonds. The number of hydrogen-bond donors (Lipinski definition) is 1. The topological polar surface area (TPSA) is 85.1 Å². The highest BCUT2D eigenvalue weighted by Crippen LogP contribution is 2.14. The van der Waals surface area contributed by atoms with Gasteiger partial charge in [0.05, 0.1) is 5.75 Å². The van der Waals surface area contributed by atoms with Gasteiger partial charge in [-0.1, -0.05) is 11.8 Å². The summed E-state index contributed by atoms with van der Waals surface area (Å²) in [7, 11) is 0. The van der Waals surface area contributed by atoms with E-state index in [2.05, 4.69) is 9.97 Å². The number of aromatic nitrogens is 3. The number of hydrogen-bond acceptors (Lipinski definition) is 5. The Labute approximate surface area is 107 Å². The second-order valence-electron chi connectivity index (χ2n) is 3.49. The van der Waals surface area contributed by atoms with E-state index in [1.165, 1.54) is 4.57 Å². The lowest BCUT2D eigenvalue weighted by Crippen LogP contribution is -2.23. The number of rotatable bonds is 4. The van der Waals surface area contributed by atoms with E-state index >= 15 is 0 Å². The lowest BCUT2D eigenvalue weighted by molar-refractivity contribution is -0.133. The van der Waals surface area contributed by atoms with E-state index in [1.807, 2.05) is 6.92 Å². The van der Waals surface area contributed by atoms with Gasteiger partial charge in [0, 0.05) is 12.7 Å². The molecule has 2 rings (SSSR count). The zero-order valence-electron chi connectivity index (χ0n) is 9.66. The number of pyridine rings is 1. The molecule has 0 radical (unpaired) electrons. The quantitative estimate of drug-likeness (QED) is 0.830. The van der Waals surface area contributed by atoms with E-state index in [0.717, 1.165) is 11.8 Å². The van der Waals surface area contributed by atoms with Gasteiger partial charge in [0.1, 0.15) is 5.52 Å². The Bertz CT molecular complexity index is 654. The van der Waals surface area contributed by atoms with Crippen molar-refractivity contribution in [1.29, 1.82) is 0 Å². The highest BCUT2D eigenvalue weighted by atomic mass is 32.2. The van der Waals surface area contributed by atoms with E-state index < -0.39 is 5.97 Å². The van der Waals surface area contributed by atoms with Crippen LogP contribution in [0.2, 0.25) is 0 Å². The maximum atomic E-state index is 12.1. The summed E-state index contributed by atoms with van der Waals surface area (Å²) in [5.41, 5.74) is 0.812. The second kappa shape index (κ2) is 5.18.